The number of carbonyl (C=O) groups is 1. The SMILES string of the molecule is CC(Oc1cc(-c2cnc3ccc(CN4CC[C@@H](O)C4)cn23)sc1C(N)=O)c1ccccc1Cl. The number of hydrogen-bond donors (Lipinski definition) is 2. The number of hydrogen-bond acceptors (Lipinski definition) is 6. The van der Waals surface area contributed by atoms with Gasteiger partial charge in [0.25, 0.3) is 5.91 Å². The minimum absolute atomic E-state index is 0.252. The van der Waals surface area contributed by atoms with E-state index < -0.39 is 5.91 Å². The molecule has 1 amide bonds. The second-order valence-corrected chi connectivity index (χ2v) is 10.00. The number of imidazole rings is 1. The molecule has 1 aliphatic heterocycles. The maximum absolute atomic E-state index is 12.2. The molecule has 4 aromatic rings. The third-order valence-corrected chi connectivity index (χ3v) is 7.54. The Balaban J connectivity index is 1.46. The van der Waals surface area contributed by atoms with E-state index in [1.807, 2.05) is 47.7 Å². The molecule has 34 heavy (non-hydrogen) atoms. The van der Waals surface area contributed by atoms with Crippen molar-refractivity contribution in [3.8, 4) is 16.3 Å². The molecule has 4 heterocycles. The van der Waals surface area contributed by atoms with Crippen molar-refractivity contribution in [3.63, 3.8) is 0 Å². The van der Waals surface area contributed by atoms with Gasteiger partial charge in [-0.25, -0.2) is 4.98 Å². The Morgan fingerprint density at radius 3 is 2.91 bits per heavy atom. The quantitative estimate of drug-likeness (QED) is 0.392. The van der Waals surface area contributed by atoms with Crippen molar-refractivity contribution in [1.29, 1.82) is 0 Å². The summed E-state index contributed by atoms with van der Waals surface area (Å²) in [6, 6.07) is 13.3. The first kappa shape index (κ1) is 22.9. The highest BCUT2D eigenvalue weighted by atomic mass is 35.5. The van der Waals surface area contributed by atoms with E-state index in [1.54, 1.807) is 6.20 Å². The average molecular weight is 497 g/mol. The molecular formula is C25H25ClN4O3S. The lowest BCUT2D eigenvalue weighted by Gasteiger charge is -2.16. The van der Waals surface area contributed by atoms with Crippen LogP contribution in [0.15, 0.2) is 54.9 Å². The van der Waals surface area contributed by atoms with E-state index in [0.29, 0.717) is 22.2 Å². The van der Waals surface area contributed by atoms with Gasteiger partial charge in [0, 0.05) is 42.5 Å². The number of benzene rings is 1. The molecule has 9 heteroatoms. The van der Waals surface area contributed by atoms with Crippen LogP contribution in [-0.2, 0) is 6.54 Å². The van der Waals surface area contributed by atoms with Gasteiger partial charge in [-0.15, -0.1) is 11.3 Å². The van der Waals surface area contributed by atoms with Crippen molar-refractivity contribution in [2.24, 2.45) is 5.73 Å². The summed E-state index contributed by atoms with van der Waals surface area (Å²) in [5.41, 5.74) is 9.30. The molecule has 0 radical (unpaired) electrons. The molecule has 0 spiro atoms. The number of fused-ring (bicyclic) bond motifs is 1. The van der Waals surface area contributed by atoms with E-state index in [9.17, 15) is 9.90 Å². The second-order valence-electron chi connectivity index (χ2n) is 8.54. The molecule has 1 saturated heterocycles. The van der Waals surface area contributed by atoms with Gasteiger partial charge in [0.2, 0.25) is 0 Å². The number of pyridine rings is 1. The predicted octanol–water partition coefficient (Wildman–Crippen LogP) is 4.52. The third kappa shape index (κ3) is 4.54. The summed E-state index contributed by atoms with van der Waals surface area (Å²) in [7, 11) is 0. The molecule has 0 aliphatic carbocycles. The first-order valence-electron chi connectivity index (χ1n) is 11.1. The average Bonchev–Trinajstić information content (AvgIpc) is 3.52. The number of aromatic nitrogens is 2. The van der Waals surface area contributed by atoms with Crippen LogP contribution in [0, 0.1) is 0 Å². The van der Waals surface area contributed by atoms with Crippen LogP contribution in [0.2, 0.25) is 5.02 Å². The summed E-state index contributed by atoms with van der Waals surface area (Å²) < 4.78 is 8.17. The predicted molar refractivity (Wildman–Crippen MR) is 133 cm³/mol. The van der Waals surface area contributed by atoms with E-state index in [4.69, 9.17) is 22.1 Å². The highest BCUT2D eigenvalue weighted by molar-refractivity contribution is 7.17. The zero-order valence-electron chi connectivity index (χ0n) is 18.6. The van der Waals surface area contributed by atoms with Crippen molar-refractivity contribution in [2.45, 2.75) is 32.1 Å². The Kier molecular flexibility index (Phi) is 6.31. The number of thiophene rings is 1. The first-order chi connectivity index (χ1) is 16.4. The van der Waals surface area contributed by atoms with Crippen LogP contribution >= 0.6 is 22.9 Å². The van der Waals surface area contributed by atoms with Crippen LogP contribution < -0.4 is 10.5 Å². The number of aliphatic hydroxyl groups excluding tert-OH is 1. The number of primary amides is 1. The van der Waals surface area contributed by atoms with Gasteiger partial charge in [-0.2, -0.15) is 0 Å². The van der Waals surface area contributed by atoms with Crippen molar-refractivity contribution >= 4 is 34.5 Å². The van der Waals surface area contributed by atoms with Crippen molar-refractivity contribution < 1.29 is 14.6 Å². The lowest BCUT2D eigenvalue weighted by molar-refractivity contribution is 0.0998. The molecule has 0 bridgehead atoms. The molecule has 1 aromatic carbocycles. The largest absolute Gasteiger partial charge is 0.484 e. The van der Waals surface area contributed by atoms with Crippen LogP contribution in [0.4, 0.5) is 0 Å². The molecule has 0 saturated carbocycles. The van der Waals surface area contributed by atoms with E-state index in [-0.39, 0.29) is 12.2 Å². The molecule has 176 valence electrons. The van der Waals surface area contributed by atoms with Crippen LogP contribution in [0.25, 0.3) is 16.2 Å². The Morgan fingerprint density at radius 1 is 1.35 bits per heavy atom. The summed E-state index contributed by atoms with van der Waals surface area (Å²) in [5.74, 6) is -0.114. The molecule has 3 aromatic heterocycles. The molecule has 1 aliphatic rings. The molecule has 2 atom stereocenters. The molecule has 1 unspecified atom stereocenters. The number of aliphatic hydroxyl groups is 1. The van der Waals surface area contributed by atoms with Gasteiger partial charge in [0.1, 0.15) is 22.4 Å². The number of carbonyl (C=O) groups excluding carboxylic acids is 1. The zero-order valence-corrected chi connectivity index (χ0v) is 20.2. The Morgan fingerprint density at radius 2 is 2.18 bits per heavy atom. The second kappa shape index (κ2) is 9.38. The standard InChI is InChI=1S/C25H25ClN4O3S/c1-15(18-4-2-3-5-19(18)26)33-21-10-22(34-24(21)25(27)32)20-11-28-23-7-6-16(13-30(20)23)12-29-9-8-17(31)14-29/h2-7,10-11,13,15,17,31H,8-9,12,14H2,1H3,(H2,27,32)/t15?,17-/m1/s1. The number of likely N-dealkylation sites (tertiary alicyclic amines) is 1. The van der Waals surface area contributed by atoms with Crippen LogP contribution in [0.5, 0.6) is 5.75 Å². The zero-order chi connectivity index (χ0) is 23.8. The fourth-order valence-corrected chi connectivity index (χ4v) is 5.57. The Bertz CT molecular complexity index is 1350. The fraction of sp³-hybridized carbons (Fsp3) is 0.280. The monoisotopic (exact) mass is 496 g/mol. The van der Waals surface area contributed by atoms with Crippen molar-refractivity contribution in [1.82, 2.24) is 14.3 Å². The highest BCUT2D eigenvalue weighted by Gasteiger charge is 2.22. The van der Waals surface area contributed by atoms with E-state index >= 15 is 0 Å². The van der Waals surface area contributed by atoms with Crippen molar-refractivity contribution in [2.75, 3.05) is 13.1 Å². The molecule has 3 N–H and O–H groups in total. The van der Waals surface area contributed by atoms with E-state index in [2.05, 4.69) is 22.1 Å². The van der Waals surface area contributed by atoms with Gasteiger partial charge >= 0.3 is 0 Å². The van der Waals surface area contributed by atoms with Crippen LogP contribution in [-0.4, -0.2) is 44.5 Å². The fourth-order valence-electron chi connectivity index (χ4n) is 4.33. The molecular weight excluding hydrogens is 472 g/mol. The Labute approximate surface area is 206 Å². The van der Waals surface area contributed by atoms with Crippen LogP contribution in [0.3, 0.4) is 0 Å². The van der Waals surface area contributed by atoms with Gasteiger partial charge in [0.05, 0.1) is 22.9 Å². The van der Waals surface area contributed by atoms with Gasteiger partial charge < -0.3 is 15.6 Å². The number of rotatable bonds is 7. The van der Waals surface area contributed by atoms with Gasteiger partial charge in [-0.3, -0.25) is 14.1 Å². The van der Waals surface area contributed by atoms with E-state index in [0.717, 1.165) is 46.9 Å². The summed E-state index contributed by atoms with van der Waals surface area (Å²) in [6.07, 6.45) is 4.03. The summed E-state index contributed by atoms with van der Waals surface area (Å²) >= 11 is 7.61. The molecule has 1 fully saturated rings. The van der Waals surface area contributed by atoms with Crippen molar-refractivity contribution in [3.05, 3.63) is 75.9 Å². The smallest absolute Gasteiger partial charge is 0.262 e. The summed E-state index contributed by atoms with van der Waals surface area (Å²) in [4.78, 5) is 20.2. The number of β-amino-alcohol motifs (C(OH)–C–C–N with tert-alkyl or cyclic N) is 1. The van der Waals surface area contributed by atoms with E-state index in [1.165, 1.54) is 11.3 Å². The number of ether oxygens (including phenoxy) is 1. The van der Waals surface area contributed by atoms with Gasteiger partial charge in [-0.05, 0) is 31.0 Å². The summed E-state index contributed by atoms with van der Waals surface area (Å²) in [5, 5.41) is 10.4. The Hall–Kier alpha value is -2.91. The minimum Gasteiger partial charge on any atom is -0.484 e. The van der Waals surface area contributed by atoms with Crippen LogP contribution in [0.1, 0.15) is 40.2 Å². The molecule has 5 rings (SSSR count). The number of nitrogens with two attached hydrogens (primary N) is 1. The topological polar surface area (TPSA) is 93.1 Å². The number of halogens is 1. The lowest BCUT2D eigenvalue weighted by Crippen LogP contribution is -2.21. The number of nitrogens with zero attached hydrogens (tertiary/aromatic N) is 3. The van der Waals surface area contributed by atoms with Gasteiger partial charge in [-0.1, -0.05) is 35.9 Å². The van der Waals surface area contributed by atoms with Gasteiger partial charge in [0.15, 0.2) is 0 Å². The first-order valence-corrected chi connectivity index (χ1v) is 12.3. The number of amides is 1. The normalized spacial score (nSPS) is 17.3. The highest BCUT2D eigenvalue weighted by Crippen LogP contribution is 2.39. The minimum atomic E-state index is -0.542. The summed E-state index contributed by atoms with van der Waals surface area (Å²) in [6.45, 7) is 4.21. The third-order valence-electron chi connectivity index (χ3n) is 6.04. The lowest BCUT2D eigenvalue weighted by atomic mass is 10.1. The maximum Gasteiger partial charge on any atom is 0.262 e. The molecule has 7 nitrogen and oxygen atoms in total. The maximum atomic E-state index is 12.2.